The number of hydrogen-bond donors (Lipinski definition) is 0. The van der Waals surface area contributed by atoms with Crippen LogP contribution < -0.4 is 4.74 Å². The van der Waals surface area contributed by atoms with Crippen molar-refractivity contribution in [3.05, 3.63) is 40.2 Å². The molecule has 4 nitrogen and oxygen atoms in total. The van der Waals surface area contributed by atoms with Crippen LogP contribution in [-0.4, -0.2) is 27.0 Å². The van der Waals surface area contributed by atoms with Crippen molar-refractivity contribution >= 4 is 29.0 Å². The molecule has 0 bridgehead atoms. The van der Waals surface area contributed by atoms with Crippen LogP contribution in [0.4, 0.5) is 0 Å². The van der Waals surface area contributed by atoms with E-state index in [1.807, 2.05) is 36.9 Å². The molecular formula is C22H26ClN3OS. The minimum atomic E-state index is 0.587. The highest BCUT2D eigenvalue weighted by atomic mass is 35.5. The second-order valence-electron chi connectivity index (χ2n) is 7.29. The van der Waals surface area contributed by atoms with Crippen LogP contribution in [0.15, 0.2) is 23.2 Å². The van der Waals surface area contributed by atoms with Crippen molar-refractivity contribution in [1.29, 1.82) is 0 Å². The summed E-state index contributed by atoms with van der Waals surface area (Å²) in [6.45, 7) is 6.56. The summed E-state index contributed by atoms with van der Waals surface area (Å²) in [5, 5.41) is 7.46. The zero-order chi connectivity index (χ0) is 19.8. The first-order valence-corrected chi connectivity index (χ1v) is 11.2. The van der Waals surface area contributed by atoms with Crippen molar-refractivity contribution in [1.82, 2.24) is 14.6 Å². The van der Waals surface area contributed by atoms with Gasteiger partial charge in [-0.15, -0.1) is 11.8 Å². The first kappa shape index (κ1) is 19.6. The highest BCUT2D eigenvalue weighted by molar-refractivity contribution is 7.99. The van der Waals surface area contributed by atoms with Crippen LogP contribution in [-0.2, 0) is 12.8 Å². The standard InChI is InChI=1S/C22H26ClN3OS/c1-5-15(6-2)28-22-16-8-7-9-19(16)24-21-20(13(3)25-26(21)22)17-12-14(27-4)10-11-18(17)23/h10-12,15H,5-9H2,1-4H3. The van der Waals surface area contributed by atoms with Crippen molar-refractivity contribution in [3.8, 4) is 16.9 Å². The van der Waals surface area contributed by atoms with Gasteiger partial charge in [-0.25, -0.2) is 9.50 Å². The Kier molecular flexibility index (Phi) is 5.57. The molecule has 2 aromatic heterocycles. The number of halogens is 1. The van der Waals surface area contributed by atoms with Gasteiger partial charge in [0, 0.05) is 27.1 Å². The van der Waals surface area contributed by atoms with Crippen LogP contribution >= 0.6 is 23.4 Å². The molecule has 1 aromatic carbocycles. The molecule has 28 heavy (non-hydrogen) atoms. The number of nitrogens with zero attached hydrogens (tertiary/aromatic N) is 3. The van der Waals surface area contributed by atoms with Crippen LogP contribution in [0.5, 0.6) is 5.75 Å². The molecule has 0 unspecified atom stereocenters. The number of aromatic nitrogens is 3. The lowest BCUT2D eigenvalue weighted by atomic mass is 10.1. The highest BCUT2D eigenvalue weighted by Crippen LogP contribution is 2.40. The molecule has 6 heteroatoms. The maximum absolute atomic E-state index is 6.58. The van der Waals surface area contributed by atoms with Gasteiger partial charge in [-0.1, -0.05) is 25.4 Å². The Bertz CT molecular complexity index is 1030. The van der Waals surface area contributed by atoms with Crippen molar-refractivity contribution in [2.45, 2.75) is 63.2 Å². The molecule has 3 aromatic rings. The maximum Gasteiger partial charge on any atom is 0.164 e. The minimum absolute atomic E-state index is 0.587. The molecule has 0 saturated heterocycles. The fourth-order valence-corrected chi connectivity index (χ4v) is 5.42. The summed E-state index contributed by atoms with van der Waals surface area (Å²) in [5.41, 5.74) is 6.39. The average Bonchev–Trinajstić information content (AvgIpc) is 3.29. The predicted octanol–water partition coefficient (Wildman–Crippen LogP) is 6.14. The van der Waals surface area contributed by atoms with Crippen LogP contribution in [0.2, 0.25) is 5.02 Å². The molecule has 0 atom stereocenters. The second kappa shape index (κ2) is 7.96. The Balaban J connectivity index is 1.97. The zero-order valence-corrected chi connectivity index (χ0v) is 18.5. The van der Waals surface area contributed by atoms with Crippen LogP contribution in [0.3, 0.4) is 0 Å². The predicted molar refractivity (Wildman–Crippen MR) is 117 cm³/mol. The van der Waals surface area contributed by atoms with Crippen molar-refractivity contribution in [2.75, 3.05) is 7.11 Å². The summed E-state index contributed by atoms with van der Waals surface area (Å²) >= 11 is 8.53. The number of ether oxygens (including phenoxy) is 1. The van der Waals surface area contributed by atoms with E-state index >= 15 is 0 Å². The molecule has 1 aliphatic carbocycles. The number of methoxy groups -OCH3 is 1. The van der Waals surface area contributed by atoms with Crippen molar-refractivity contribution in [2.24, 2.45) is 0 Å². The molecule has 2 heterocycles. The van der Waals surface area contributed by atoms with Gasteiger partial charge in [0.05, 0.1) is 18.4 Å². The Hall–Kier alpha value is -1.72. The van der Waals surface area contributed by atoms with Gasteiger partial charge in [-0.3, -0.25) is 0 Å². The normalized spacial score (nSPS) is 13.5. The molecular weight excluding hydrogens is 390 g/mol. The van der Waals surface area contributed by atoms with Gasteiger partial charge < -0.3 is 4.74 Å². The van der Waals surface area contributed by atoms with Gasteiger partial charge in [-0.05, 0) is 57.2 Å². The minimum Gasteiger partial charge on any atom is -0.497 e. The van der Waals surface area contributed by atoms with E-state index in [1.165, 1.54) is 22.7 Å². The van der Waals surface area contributed by atoms with Crippen molar-refractivity contribution in [3.63, 3.8) is 0 Å². The topological polar surface area (TPSA) is 39.4 Å². The van der Waals surface area contributed by atoms with Crippen LogP contribution in [0.25, 0.3) is 16.8 Å². The smallest absolute Gasteiger partial charge is 0.164 e. The third-order valence-corrected chi connectivity index (χ3v) is 7.52. The largest absolute Gasteiger partial charge is 0.497 e. The molecule has 1 aliphatic rings. The lowest BCUT2D eigenvalue weighted by Crippen LogP contribution is -2.07. The first-order chi connectivity index (χ1) is 13.6. The zero-order valence-electron chi connectivity index (χ0n) is 16.9. The number of aryl methyl sites for hydroxylation is 2. The molecule has 148 valence electrons. The van der Waals surface area contributed by atoms with E-state index in [2.05, 4.69) is 18.4 Å². The number of fused-ring (bicyclic) bond motifs is 2. The molecule has 0 amide bonds. The second-order valence-corrected chi connectivity index (χ2v) is 8.99. The molecule has 4 rings (SSSR count). The van der Waals surface area contributed by atoms with Gasteiger partial charge in [0.25, 0.3) is 0 Å². The summed E-state index contributed by atoms with van der Waals surface area (Å²) in [6, 6.07) is 5.74. The van der Waals surface area contributed by atoms with Gasteiger partial charge >= 0.3 is 0 Å². The molecule has 0 N–H and O–H groups in total. The summed E-state index contributed by atoms with van der Waals surface area (Å²) in [5.74, 6) is 0.783. The first-order valence-electron chi connectivity index (χ1n) is 9.99. The van der Waals surface area contributed by atoms with E-state index in [-0.39, 0.29) is 0 Å². The summed E-state index contributed by atoms with van der Waals surface area (Å²) in [6.07, 6.45) is 5.59. The van der Waals surface area contributed by atoms with E-state index in [9.17, 15) is 0 Å². The molecule has 0 aliphatic heterocycles. The summed E-state index contributed by atoms with van der Waals surface area (Å²) in [4.78, 5) is 5.06. The van der Waals surface area contributed by atoms with Gasteiger partial charge in [-0.2, -0.15) is 5.10 Å². The highest BCUT2D eigenvalue weighted by Gasteiger charge is 2.26. The van der Waals surface area contributed by atoms with E-state index in [0.717, 1.165) is 53.9 Å². The number of rotatable bonds is 6. The molecule has 0 saturated carbocycles. The van der Waals surface area contributed by atoms with Crippen molar-refractivity contribution < 1.29 is 4.74 Å². The number of hydrogen-bond acceptors (Lipinski definition) is 4. The summed E-state index contributed by atoms with van der Waals surface area (Å²) < 4.78 is 7.49. The molecule has 0 fully saturated rings. The monoisotopic (exact) mass is 415 g/mol. The van der Waals surface area contributed by atoms with Gasteiger partial charge in [0.15, 0.2) is 5.65 Å². The number of benzene rings is 1. The lowest BCUT2D eigenvalue weighted by molar-refractivity contribution is 0.415. The molecule has 0 radical (unpaired) electrons. The SMILES string of the molecule is CCC(CC)Sc1c2c(nc3c(-c4cc(OC)ccc4Cl)c(C)nn13)CCC2. The molecule has 0 spiro atoms. The van der Waals surface area contributed by atoms with Gasteiger partial charge in [0.1, 0.15) is 10.8 Å². The Morgan fingerprint density at radius 1 is 1.25 bits per heavy atom. The number of thioether (sulfide) groups is 1. The Morgan fingerprint density at radius 2 is 2.04 bits per heavy atom. The quantitative estimate of drug-likeness (QED) is 0.358. The maximum atomic E-state index is 6.58. The lowest BCUT2D eigenvalue weighted by Gasteiger charge is -2.16. The van der Waals surface area contributed by atoms with E-state index in [0.29, 0.717) is 10.3 Å². The Morgan fingerprint density at radius 3 is 2.75 bits per heavy atom. The fraction of sp³-hybridized carbons (Fsp3) is 0.455. The Labute approximate surface area is 175 Å². The van der Waals surface area contributed by atoms with Crippen LogP contribution in [0, 0.1) is 6.92 Å². The van der Waals surface area contributed by atoms with E-state index < -0.39 is 0 Å². The average molecular weight is 416 g/mol. The van der Waals surface area contributed by atoms with E-state index in [4.69, 9.17) is 26.4 Å². The third-order valence-electron chi connectivity index (χ3n) is 5.55. The van der Waals surface area contributed by atoms with E-state index in [1.54, 1.807) is 7.11 Å². The third kappa shape index (κ3) is 3.29. The van der Waals surface area contributed by atoms with Gasteiger partial charge in [0.2, 0.25) is 0 Å². The summed E-state index contributed by atoms with van der Waals surface area (Å²) in [7, 11) is 1.67. The van der Waals surface area contributed by atoms with Crippen LogP contribution in [0.1, 0.15) is 50.1 Å². The fourth-order valence-electron chi connectivity index (χ4n) is 3.97.